The Morgan fingerprint density at radius 3 is 2.40 bits per heavy atom. The second-order valence-electron chi connectivity index (χ2n) is 4.80. The summed E-state index contributed by atoms with van der Waals surface area (Å²) in [7, 11) is 3.03. The van der Waals surface area contributed by atoms with E-state index < -0.39 is 11.8 Å². The van der Waals surface area contributed by atoms with Crippen molar-refractivity contribution in [3.05, 3.63) is 42.6 Å². The highest BCUT2D eigenvalue weighted by Crippen LogP contribution is 2.25. The van der Waals surface area contributed by atoms with Gasteiger partial charge in [0.05, 0.1) is 32.6 Å². The summed E-state index contributed by atoms with van der Waals surface area (Å²) in [5.41, 5.74) is 0.395. The van der Waals surface area contributed by atoms with Gasteiger partial charge in [0.25, 0.3) is 0 Å². The van der Waals surface area contributed by atoms with Gasteiger partial charge in [-0.15, -0.1) is 0 Å². The predicted octanol–water partition coefficient (Wildman–Crippen LogP) is 1.23. The molecule has 0 spiro atoms. The number of carbonyl (C=O) groups excluding carboxylic acids is 2. The number of benzene rings is 1. The van der Waals surface area contributed by atoms with Crippen LogP contribution < -0.4 is 24.8 Å². The topological polar surface area (TPSA) is 98.8 Å². The van der Waals surface area contributed by atoms with Gasteiger partial charge in [-0.2, -0.15) is 0 Å². The lowest BCUT2D eigenvalue weighted by atomic mass is 10.3. The summed E-state index contributed by atoms with van der Waals surface area (Å²) in [5, 5.41) is 4.91. The lowest BCUT2D eigenvalue weighted by Gasteiger charge is -2.11. The third-order valence-corrected chi connectivity index (χ3v) is 3.12. The number of rotatable bonds is 7. The van der Waals surface area contributed by atoms with Crippen molar-refractivity contribution in [2.45, 2.75) is 0 Å². The summed E-state index contributed by atoms with van der Waals surface area (Å²) < 4.78 is 15.6. The third kappa shape index (κ3) is 5.38. The van der Waals surface area contributed by atoms with Crippen molar-refractivity contribution in [2.75, 3.05) is 32.7 Å². The maximum absolute atomic E-state index is 11.8. The molecule has 8 heteroatoms. The molecule has 2 rings (SSSR count). The average molecular weight is 345 g/mol. The molecule has 1 aromatic carbocycles. The van der Waals surface area contributed by atoms with Gasteiger partial charge in [-0.1, -0.05) is 12.1 Å². The highest BCUT2D eigenvalue weighted by atomic mass is 16.5. The van der Waals surface area contributed by atoms with Crippen LogP contribution in [0.5, 0.6) is 17.4 Å². The SMILES string of the molecule is COc1ccc(NC(=O)C(=O)NCCOc2ccccc2OC)cn1. The van der Waals surface area contributed by atoms with Crippen LogP contribution in [0.4, 0.5) is 5.69 Å². The molecule has 0 aliphatic heterocycles. The molecular formula is C17H19N3O5. The van der Waals surface area contributed by atoms with Gasteiger partial charge in [-0.05, 0) is 18.2 Å². The van der Waals surface area contributed by atoms with E-state index in [0.29, 0.717) is 23.1 Å². The van der Waals surface area contributed by atoms with Crippen molar-refractivity contribution >= 4 is 17.5 Å². The van der Waals surface area contributed by atoms with E-state index in [1.807, 2.05) is 12.1 Å². The molecule has 0 aliphatic carbocycles. The Morgan fingerprint density at radius 2 is 1.76 bits per heavy atom. The molecule has 25 heavy (non-hydrogen) atoms. The zero-order chi connectivity index (χ0) is 18.1. The molecule has 0 bridgehead atoms. The van der Waals surface area contributed by atoms with Gasteiger partial charge in [0.1, 0.15) is 6.61 Å². The highest BCUT2D eigenvalue weighted by molar-refractivity contribution is 6.39. The molecule has 2 N–H and O–H groups in total. The number of anilines is 1. The zero-order valence-electron chi connectivity index (χ0n) is 13.9. The van der Waals surface area contributed by atoms with E-state index in [4.69, 9.17) is 14.2 Å². The molecule has 0 unspecified atom stereocenters. The number of pyridine rings is 1. The Balaban J connectivity index is 1.74. The first-order chi connectivity index (χ1) is 12.1. The minimum atomic E-state index is -0.788. The third-order valence-electron chi connectivity index (χ3n) is 3.12. The minimum Gasteiger partial charge on any atom is -0.493 e. The van der Waals surface area contributed by atoms with E-state index in [-0.39, 0.29) is 13.2 Å². The van der Waals surface area contributed by atoms with Crippen LogP contribution in [0.2, 0.25) is 0 Å². The summed E-state index contributed by atoms with van der Waals surface area (Å²) in [6.07, 6.45) is 1.40. The standard InChI is InChI=1S/C17H19N3O5/c1-23-13-5-3-4-6-14(13)25-10-9-18-16(21)17(22)20-12-7-8-15(24-2)19-11-12/h3-8,11H,9-10H2,1-2H3,(H,18,21)(H,20,22). The molecule has 0 saturated carbocycles. The molecule has 0 radical (unpaired) electrons. The monoisotopic (exact) mass is 345 g/mol. The summed E-state index contributed by atoms with van der Waals surface area (Å²) in [6, 6.07) is 10.3. The number of nitrogens with one attached hydrogen (secondary N) is 2. The number of aromatic nitrogens is 1. The largest absolute Gasteiger partial charge is 0.493 e. The van der Waals surface area contributed by atoms with E-state index in [1.165, 1.54) is 13.3 Å². The molecule has 132 valence electrons. The number of nitrogens with zero attached hydrogens (tertiary/aromatic N) is 1. The Kier molecular flexibility index (Phi) is 6.58. The number of hydrogen-bond donors (Lipinski definition) is 2. The normalized spacial score (nSPS) is 9.84. The number of methoxy groups -OCH3 is 2. The molecule has 0 saturated heterocycles. The fraction of sp³-hybridized carbons (Fsp3) is 0.235. The number of ether oxygens (including phenoxy) is 3. The zero-order valence-corrected chi connectivity index (χ0v) is 13.9. The molecular weight excluding hydrogens is 326 g/mol. The van der Waals surface area contributed by atoms with Gasteiger partial charge in [-0.3, -0.25) is 9.59 Å². The Labute approximate surface area is 145 Å². The lowest BCUT2D eigenvalue weighted by Crippen LogP contribution is -2.37. The van der Waals surface area contributed by atoms with Gasteiger partial charge in [0.15, 0.2) is 11.5 Å². The van der Waals surface area contributed by atoms with Crippen LogP contribution in [0.25, 0.3) is 0 Å². The molecule has 0 atom stereocenters. The van der Waals surface area contributed by atoms with E-state index in [1.54, 1.807) is 31.4 Å². The van der Waals surface area contributed by atoms with Crippen molar-refractivity contribution in [1.82, 2.24) is 10.3 Å². The number of para-hydroxylation sites is 2. The summed E-state index contributed by atoms with van der Waals surface area (Å²) >= 11 is 0. The van der Waals surface area contributed by atoms with Crippen LogP contribution >= 0.6 is 0 Å². The van der Waals surface area contributed by atoms with Crippen LogP contribution in [0, 0.1) is 0 Å². The van der Waals surface area contributed by atoms with Crippen LogP contribution in [-0.4, -0.2) is 44.2 Å². The van der Waals surface area contributed by atoms with Gasteiger partial charge < -0.3 is 24.8 Å². The van der Waals surface area contributed by atoms with Crippen LogP contribution in [0.1, 0.15) is 0 Å². The maximum atomic E-state index is 11.8. The maximum Gasteiger partial charge on any atom is 0.313 e. The molecule has 1 heterocycles. The van der Waals surface area contributed by atoms with E-state index in [0.717, 1.165) is 0 Å². The fourth-order valence-electron chi connectivity index (χ4n) is 1.91. The molecule has 2 amide bonds. The lowest BCUT2D eigenvalue weighted by molar-refractivity contribution is -0.136. The summed E-state index contributed by atoms with van der Waals surface area (Å²) in [6.45, 7) is 0.370. The van der Waals surface area contributed by atoms with Gasteiger partial charge >= 0.3 is 11.8 Å². The quantitative estimate of drug-likeness (QED) is 0.578. The molecule has 0 aliphatic rings. The highest BCUT2D eigenvalue weighted by Gasteiger charge is 2.13. The van der Waals surface area contributed by atoms with Crippen molar-refractivity contribution < 1.29 is 23.8 Å². The minimum absolute atomic E-state index is 0.172. The first-order valence-corrected chi connectivity index (χ1v) is 7.49. The number of hydrogen-bond acceptors (Lipinski definition) is 6. The fourth-order valence-corrected chi connectivity index (χ4v) is 1.91. The molecule has 8 nitrogen and oxygen atoms in total. The second-order valence-corrected chi connectivity index (χ2v) is 4.80. The first-order valence-electron chi connectivity index (χ1n) is 7.49. The van der Waals surface area contributed by atoms with E-state index in [9.17, 15) is 9.59 Å². The van der Waals surface area contributed by atoms with Gasteiger partial charge in [0.2, 0.25) is 5.88 Å². The molecule has 2 aromatic rings. The second kappa shape index (κ2) is 9.11. The first kappa shape index (κ1) is 18.1. The smallest absolute Gasteiger partial charge is 0.313 e. The Morgan fingerprint density at radius 1 is 1.00 bits per heavy atom. The molecule has 1 aromatic heterocycles. The van der Waals surface area contributed by atoms with Crippen LogP contribution in [-0.2, 0) is 9.59 Å². The van der Waals surface area contributed by atoms with Crippen LogP contribution in [0.15, 0.2) is 42.6 Å². The van der Waals surface area contributed by atoms with Crippen molar-refractivity contribution in [3.8, 4) is 17.4 Å². The predicted molar refractivity (Wildman–Crippen MR) is 90.9 cm³/mol. The van der Waals surface area contributed by atoms with Gasteiger partial charge in [-0.25, -0.2) is 4.98 Å². The Bertz CT molecular complexity index is 718. The Hall–Kier alpha value is -3.29. The van der Waals surface area contributed by atoms with E-state index >= 15 is 0 Å². The van der Waals surface area contributed by atoms with Crippen LogP contribution in [0.3, 0.4) is 0 Å². The average Bonchev–Trinajstić information content (AvgIpc) is 2.65. The van der Waals surface area contributed by atoms with E-state index in [2.05, 4.69) is 15.6 Å². The number of amides is 2. The summed E-state index contributed by atoms with van der Waals surface area (Å²) in [4.78, 5) is 27.5. The summed E-state index contributed by atoms with van der Waals surface area (Å²) in [5.74, 6) is 0.0197. The van der Waals surface area contributed by atoms with Crippen molar-refractivity contribution in [1.29, 1.82) is 0 Å². The molecule has 0 fully saturated rings. The van der Waals surface area contributed by atoms with Gasteiger partial charge in [0, 0.05) is 6.07 Å². The van der Waals surface area contributed by atoms with Crippen molar-refractivity contribution in [2.24, 2.45) is 0 Å². The number of carbonyl (C=O) groups is 2. The van der Waals surface area contributed by atoms with Crippen molar-refractivity contribution in [3.63, 3.8) is 0 Å².